The van der Waals surface area contributed by atoms with Crippen LogP contribution in [0.1, 0.15) is 70.9 Å². The van der Waals surface area contributed by atoms with Gasteiger partial charge in [0.2, 0.25) is 11.6 Å². The highest BCUT2D eigenvalue weighted by Gasteiger charge is 2.46. The van der Waals surface area contributed by atoms with Crippen molar-refractivity contribution in [2.75, 3.05) is 31.3 Å². The number of nitrogens with one attached hydrogen (secondary N) is 2. The van der Waals surface area contributed by atoms with E-state index in [2.05, 4.69) is 38.3 Å². The molecule has 1 aliphatic carbocycles. The van der Waals surface area contributed by atoms with Gasteiger partial charge in [-0.2, -0.15) is 13.0 Å². The van der Waals surface area contributed by atoms with E-state index in [1.54, 1.807) is 12.2 Å². The molecule has 1 unspecified atom stereocenters. The number of Topliss-reactive ketones (excluding diaryl/α,β-unsaturated/α-hetero) is 1. The van der Waals surface area contributed by atoms with Crippen molar-refractivity contribution in [2.45, 2.75) is 76.7 Å². The van der Waals surface area contributed by atoms with Crippen molar-refractivity contribution < 1.29 is 46.4 Å². The van der Waals surface area contributed by atoms with Crippen LogP contribution in [0.5, 0.6) is 0 Å². The van der Waals surface area contributed by atoms with Crippen molar-refractivity contribution in [1.82, 2.24) is 15.7 Å². The monoisotopic (exact) mass is 772 g/mol. The summed E-state index contributed by atoms with van der Waals surface area (Å²) in [5.74, 6) is -3.98. The van der Waals surface area contributed by atoms with Crippen molar-refractivity contribution in [3.05, 3.63) is 94.4 Å². The predicted octanol–water partition coefficient (Wildman–Crippen LogP) is 3.51. The number of likely N-dealkylation sites (N-methyl/N-ethyl adjacent to an activating group) is 1. The SMILES string of the molecule is CN1/C(=C/C2=C(NC(CS(=O)(=O)O)C(=O)NCCCCC(=O)ON3C(=O)CCC3=O)C(=C/C3=[N+](C)c4ccccc4C3(C)C)/C2=O)C(C)(C)c2ccccc21. The van der Waals surface area contributed by atoms with Gasteiger partial charge in [0.25, 0.3) is 21.9 Å². The second-order valence-electron chi connectivity index (χ2n) is 15.2. The van der Waals surface area contributed by atoms with Crippen LogP contribution in [-0.2, 0) is 49.8 Å². The average molecular weight is 773 g/mol. The molecule has 14 nitrogen and oxygen atoms in total. The number of para-hydroxylation sites is 2. The molecule has 0 aromatic heterocycles. The molecule has 2 aromatic carbocycles. The molecule has 0 bridgehead atoms. The third-order valence-corrected chi connectivity index (χ3v) is 11.5. The Balaban J connectivity index is 1.28. The lowest BCUT2D eigenvalue weighted by atomic mass is 9.77. The molecular weight excluding hydrogens is 727 g/mol. The Labute approximate surface area is 320 Å². The van der Waals surface area contributed by atoms with Crippen LogP contribution in [0.2, 0.25) is 0 Å². The second-order valence-corrected chi connectivity index (χ2v) is 16.7. The first-order valence-electron chi connectivity index (χ1n) is 18.2. The van der Waals surface area contributed by atoms with E-state index in [0.717, 1.165) is 33.9 Å². The number of carbonyl (C=O) groups excluding carboxylic acids is 5. The number of imide groups is 1. The molecule has 1 fully saturated rings. The lowest BCUT2D eigenvalue weighted by Crippen LogP contribution is -2.50. The Bertz CT molecular complexity index is 2230. The molecule has 55 heavy (non-hydrogen) atoms. The third kappa shape index (κ3) is 7.50. The Morgan fingerprint density at radius 1 is 0.945 bits per heavy atom. The molecule has 15 heteroatoms. The maximum Gasteiger partial charge on any atom is 0.333 e. The predicted molar refractivity (Wildman–Crippen MR) is 204 cm³/mol. The van der Waals surface area contributed by atoms with E-state index in [4.69, 9.17) is 4.84 Å². The van der Waals surface area contributed by atoms with Gasteiger partial charge in [0.05, 0.1) is 16.7 Å². The summed E-state index contributed by atoms with van der Waals surface area (Å²) >= 11 is 0. The lowest BCUT2D eigenvalue weighted by molar-refractivity contribution is -0.401. The summed E-state index contributed by atoms with van der Waals surface area (Å²) in [5.41, 5.74) is 5.53. The first-order valence-corrected chi connectivity index (χ1v) is 19.8. The molecule has 290 valence electrons. The van der Waals surface area contributed by atoms with Crippen molar-refractivity contribution in [1.29, 1.82) is 0 Å². The average Bonchev–Trinajstić information content (AvgIpc) is 3.62. The van der Waals surface area contributed by atoms with E-state index in [-0.39, 0.29) is 61.3 Å². The van der Waals surface area contributed by atoms with Gasteiger partial charge >= 0.3 is 5.97 Å². The molecule has 2 aromatic rings. The largest absolute Gasteiger partial charge is 0.372 e. The van der Waals surface area contributed by atoms with Crippen LogP contribution in [0.3, 0.4) is 0 Å². The molecule has 3 aliphatic heterocycles. The zero-order valence-electron chi connectivity index (χ0n) is 31.8. The summed E-state index contributed by atoms with van der Waals surface area (Å²) in [5, 5.41) is 6.15. The van der Waals surface area contributed by atoms with Gasteiger partial charge in [-0.05, 0) is 44.4 Å². The number of nitrogens with zero attached hydrogens (tertiary/aromatic N) is 3. The molecule has 3 N–H and O–H groups in total. The van der Waals surface area contributed by atoms with E-state index in [0.29, 0.717) is 5.06 Å². The number of allylic oxidation sites excluding steroid dienone is 5. The highest BCUT2D eigenvalue weighted by atomic mass is 32.2. The Hall–Kier alpha value is -5.41. The molecule has 6 rings (SSSR count). The second kappa shape index (κ2) is 14.7. The smallest absolute Gasteiger partial charge is 0.333 e. The van der Waals surface area contributed by atoms with E-state index in [9.17, 15) is 36.9 Å². The number of carbonyl (C=O) groups is 5. The minimum Gasteiger partial charge on any atom is -0.372 e. The first kappa shape index (κ1) is 39.3. The van der Waals surface area contributed by atoms with Crippen LogP contribution < -0.4 is 15.5 Å². The minimum absolute atomic E-state index is 0.0236. The quantitative estimate of drug-likeness (QED) is 0.0891. The summed E-state index contributed by atoms with van der Waals surface area (Å²) in [6.45, 7) is 8.24. The molecule has 0 spiro atoms. The zero-order valence-corrected chi connectivity index (χ0v) is 32.6. The number of ketones is 1. The van der Waals surface area contributed by atoms with Crippen LogP contribution in [0.15, 0.2) is 83.2 Å². The summed E-state index contributed by atoms with van der Waals surface area (Å²) in [6.07, 6.45) is 3.86. The minimum atomic E-state index is -4.69. The van der Waals surface area contributed by atoms with Crippen molar-refractivity contribution in [3.63, 3.8) is 0 Å². The van der Waals surface area contributed by atoms with Crippen LogP contribution in [0, 0.1) is 0 Å². The summed E-state index contributed by atoms with van der Waals surface area (Å²) in [6, 6.07) is 14.3. The maximum absolute atomic E-state index is 14.2. The summed E-state index contributed by atoms with van der Waals surface area (Å²) < 4.78 is 36.5. The number of rotatable bonds is 13. The van der Waals surface area contributed by atoms with Gasteiger partial charge in [-0.1, -0.05) is 50.2 Å². The van der Waals surface area contributed by atoms with Gasteiger partial charge in [0.1, 0.15) is 18.8 Å². The van der Waals surface area contributed by atoms with Crippen LogP contribution in [0.25, 0.3) is 0 Å². The summed E-state index contributed by atoms with van der Waals surface area (Å²) in [7, 11) is -0.869. The number of hydrogen-bond acceptors (Lipinski definition) is 10. The van der Waals surface area contributed by atoms with Gasteiger partial charge in [0, 0.05) is 72.9 Å². The molecule has 3 amide bonds. The van der Waals surface area contributed by atoms with Gasteiger partial charge in [-0.3, -0.25) is 23.7 Å². The highest BCUT2D eigenvalue weighted by molar-refractivity contribution is 7.85. The number of unbranched alkanes of at least 4 members (excludes halogenated alkanes) is 1. The molecule has 3 heterocycles. The fourth-order valence-electron chi connectivity index (χ4n) is 7.78. The number of hydrogen-bond donors (Lipinski definition) is 3. The maximum atomic E-state index is 14.2. The highest BCUT2D eigenvalue weighted by Crippen LogP contribution is 2.48. The Morgan fingerprint density at radius 3 is 2.22 bits per heavy atom. The molecular formula is C40H46N5O9S+. The molecule has 4 aliphatic rings. The third-order valence-electron chi connectivity index (χ3n) is 10.8. The fourth-order valence-corrected chi connectivity index (χ4v) is 8.44. The van der Waals surface area contributed by atoms with Gasteiger partial charge in [-0.25, -0.2) is 4.79 Å². The lowest BCUT2D eigenvalue weighted by Gasteiger charge is -2.31. The van der Waals surface area contributed by atoms with Gasteiger partial charge < -0.3 is 20.4 Å². The van der Waals surface area contributed by atoms with Crippen molar-refractivity contribution in [3.8, 4) is 0 Å². The standard InChI is InChI=1S/C40H45N5O9S/c1-39(2)26-13-7-9-15-29(26)43(5)31(39)21-24-36(25(37(24)49)22-32-40(3,4)27-14-8-10-16-30(27)44(32)6)42-28(23-55(51,52)53)38(50)41-20-12-11-17-35(48)54-45-33(46)18-19-34(45)47/h7-10,13-16,21-22,28H,11-12,17-20,23H2,1-6H3,(H2-,41,42,49,50,51,52,53)/p+1. The number of hydroxylamine groups is 2. The molecule has 0 saturated carbocycles. The zero-order chi connectivity index (χ0) is 40.0. The van der Waals surface area contributed by atoms with Crippen LogP contribution >= 0.6 is 0 Å². The molecule has 1 atom stereocenters. The fraction of sp³-hybridized carbons (Fsp3) is 0.400. The number of benzene rings is 2. The normalized spacial score (nSPS) is 20.6. The first-order chi connectivity index (χ1) is 25.8. The van der Waals surface area contributed by atoms with Gasteiger partial charge in [0.15, 0.2) is 11.5 Å². The van der Waals surface area contributed by atoms with Crippen molar-refractivity contribution in [2.24, 2.45) is 0 Å². The topological polar surface area (TPSA) is 182 Å². The van der Waals surface area contributed by atoms with E-state index < -0.39 is 56.4 Å². The summed E-state index contributed by atoms with van der Waals surface area (Å²) in [4.78, 5) is 70.3. The van der Waals surface area contributed by atoms with Crippen LogP contribution in [-0.4, -0.2) is 90.2 Å². The number of amides is 3. The van der Waals surface area contributed by atoms with Crippen molar-refractivity contribution >= 4 is 56.7 Å². The van der Waals surface area contributed by atoms with E-state index in [1.807, 2.05) is 72.1 Å². The molecule has 1 saturated heterocycles. The van der Waals surface area contributed by atoms with E-state index in [1.165, 1.54) is 0 Å². The Kier molecular flexibility index (Phi) is 10.5. The van der Waals surface area contributed by atoms with Gasteiger partial charge in [-0.15, -0.1) is 5.06 Å². The number of fused-ring (bicyclic) bond motifs is 2. The molecule has 0 radical (unpaired) electrons. The Morgan fingerprint density at radius 2 is 1.58 bits per heavy atom. The van der Waals surface area contributed by atoms with E-state index >= 15 is 0 Å². The number of anilines is 1. The van der Waals surface area contributed by atoms with Crippen LogP contribution in [0.4, 0.5) is 11.4 Å².